The summed E-state index contributed by atoms with van der Waals surface area (Å²) in [6.45, 7) is 17.5. The maximum atomic E-state index is 12.7. The molecule has 0 aliphatic heterocycles. The molecule has 0 fully saturated rings. The van der Waals surface area contributed by atoms with E-state index < -0.39 is 43.4 Å². The monoisotopic (exact) mass is 517 g/mol. The van der Waals surface area contributed by atoms with Crippen LogP contribution in [0.4, 0.5) is 9.59 Å². The van der Waals surface area contributed by atoms with Crippen LogP contribution in [0.1, 0.15) is 59.1 Å². The number of imide groups is 1. The van der Waals surface area contributed by atoms with Gasteiger partial charge in [0.05, 0.1) is 0 Å². The highest BCUT2D eigenvalue weighted by molar-refractivity contribution is 6.83. The van der Waals surface area contributed by atoms with Gasteiger partial charge in [-0.1, -0.05) is 37.7 Å². The van der Waals surface area contributed by atoms with Crippen molar-refractivity contribution in [3.63, 3.8) is 0 Å². The molecule has 1 aromatic carbocycles. The van der Waals surface area contributed by atoms with E-state index in [1.165, 1.54) is 0 Å². The molecule has 9 heteroatoms. The fourth-order valence-electron chi connectivity index (χ4n) is 2.83. The molecule has 200 valence electrons. The summed E-state index contributed by atoms with van der Waals surface area (Å²) in [5.74, 6) is 2.65. The highest BCUT2D eigenvalue weighted by Crippen LogP contribution is 2.09. The van der Waals surface area contributed by atoms with Crippen LogP contribution in [-0.4, -0.2) is 56.5 Å². The predicted octanol–water partition coefficient (Wildman–Crippen LogP) is 4.38. The number of aryl methyl sites for hydroxylation is 1. The number of nitrogens with one attached hydrogen (secondary N) is 3. The zero-order chi connectivity index (χ0) is 27.6. The molecule has 1 rings (SSSR count). The summed E-state index contributed by atoms with van der Waals surface area (Å²) < 4.78 is 10.4. The lowest BCUT2D eigenvalue weighted by molar-refractivity contribution is -0.122. The van der Waals surface area contributed by atoms with Crippen molar-refractivity contribution in [2.75, 3.05) is 13.1 Å². The van der Waals surface area contributed by atoms with Crippen molar-refractivity contribution in [1.29, 1.82) is 0 Å². The molecule has 0 heterocycles. The second-order valence-electron chi connectivity index (χ2n) is 11.7. The Hall–Kier alpha value is -2.83. The smallest absolute Gasteiger partial charge is 0.414 e. The summed E-state index contributed by atoms with van der Waals surface area (Å²) in [6, 6.07) is 7.33. The van der Waals surface area contributed by atoms with E-state index in [1.807, 2.05) is 12.1 Å². The minimum Gasteiger partial charge on any atom is -0.444 e. The Morgan fingerprint density at radius 1 is 0.917 bits per heavy atom. The van der Waals surface area contributed by atoms with E-state index in [4.69, 9.17) is 9.47 Å². The molecule has 3 amide bonds. The van der Waals surface area contributed by atoms with Gasteiger partial charge in [0, 0.05) is 12.1 Å². The second kappa shape index (κ2) is 13.5. The molecule has 0 spiro atoms. The van der Waals surface area contributed by atoms with Crippen molar-refractivity contribution < 1.29 is 23.9 Å². The van der Waals surface area contributed by atoms with E-state index in [1.54, 1.807) is 41.5 Å². The van der Waals surface area contributed by atoms with Crippen molar-refractivity contribution in [2.45, 2.75) is 91.3 Å². The number of rotatable bonds is 8. The van der Waals surface area contributed by atoms with Crippen molar-refractivity contribution in [3.05, 3.63) is 35.4 Å². The Kier molecular flexibility index (Phi) is 11.7. The average molecular weight is 518 g/mol. The van der Waals surface area contributed by atoms with E-state index in [-0.39, 0.29) is 6.54 Å². The number of hydrogen-bond acceptors (Lipinski definition) is 6. The van der Waals surface area contributed by atoms with Gasteiger partial charge in [0.15, 0.2) is 0 Å². The summed E-state index contributed by atoms with van der Waals surface area (Å²) in [6.07, 6.45) is 0.0718. The zero-order valence-electron chi connectivity index (χ0n) is 23.3. The predicted molar refractivity (Wildman–Crippen MR) is 145 cm³/mol. The minimum atomic E-state index is -1.41. The van der Waals surface area contributed by atoms with Gasteiger partial charge in [0.2, 0.25) is 5.91 Å². The fourth-order valence-corrected chi connectivity index (χ4v) is 3.35. The van der Waals surface area contributed by atoms with E-state index in [0.29, 0.717) is 6.54 Å². The fraction of sp³-hybridized carbons (Fsp3) is 0.593. The number of benzene rings is 1. The van der Waals surface area contributed by atoms with Crippen molar-refractivity contribution in [3.8, 4) is 11.5 Å². The summed E-state index contributed by atoms with van der Waals surface area (Å²) in [7, 11) is -1.41. The molecule has 0 aromatic heterocycles. The molecule has 1 atom stereocenters. The van der Waals surface area contributed by atoms with Gasteiger partial charge < -0.3 is 20.1 Å². The number of amides is 3. The Balaban J connectivity index is 2.68. The molecule has 0 saturated carbocycles. The maximum Gasteiger partial charge on any atom is 0.414 e. The quantitative estimate of drug-likeness (QED) is 0.268. The molecule has 0 aliphatic rings. The molecule has 1 aromatic rings. The Morgan fingerprint density at radius 3 is 2.00 bits per heavy atom. The zero-order valence-corrected chi connectivity index (χ0v) is 24.3. The van der Waals surface area contributed by atoms with Crippen molar-refractivity contribution >= 4 is 26.2 Å². The summed E-state index contributed by atoms with van der Waals surface area (Å²) in [5, 5.41) is 7.93. The van der Waals surface area contributed by atoms with Crippen LogP contribution in [0.3, 0.4) is 0 Å². The molecule has 0 saturated heterocycles. The Labute approximate surface area is 217 Å². The summed E-state index contributed by atoms with van der Waals surface area (Å²) >= 11 is 0. The van der Waals surface area contributed by atoms with Gasteiger partial charge in [0.25, 0.3) is 0 Å². The first kappa shape index (κ1) is 31.2. The number of hydrogen-bond donors (Lipinski definition) is 3. The molecule has 36 heavy (non-hydrogen) atoms. The third kappa shape index (κ3) is 15.2. The highest BCUT2D eigenvalue weighted by atomic mass is 28.3. The lowest BCUT2D eigenvalue weighted by Gasteiger charge is -2.23. The first-order valence-corrected chi connectivity index (χ1v) is 15.8. The van der Waals surface area contributed by atoms with Crippen LogP contribution in [0.2, 0.25) is 19.6 Å². The van der Waals surface area contributed by atoms with E-state index in [9.17, 15) is 14.4 Å². The van der Waals surface area contributed by atoms with Crippen LogP contribution < -0.4 is 16.0 Å². The van der Waals surface area contributed by atoms with Crippen LogP contribution in [-0.2, 0) is 20.7 Å². The van der Waals surface area contributed by atoms with E-state index >= 15 is 0 Å². The first-order chi connectivity index (χ1) is 16.4. The van der Waals surface area contributed by atoms with Crippen LogP contribution in [0.5, 0.6) is 0 Å². The normalized spacial score (nSPS) is 12.6. The Bertz CT molecular complexity index is 945. The SMILES string of the molecule is CC(C)(C)OC(=O)NC[C@H](NCCCc1ccc(C#C[Si](C)(C)C)cc1)C(=O)NC(=O)OC(C)(C)C. The molecule has 0 radical (unpaired) electrons. The third-order valence-electron chi connectivity index (χ3n) is 4.36. The summed E-state index contributed by atoms with van der Waals surface area (Å²) in [4.78, 5) is 36.8. The molecule has 0 bridgehead atoms. The standard InChI is InChI=1S/C27H43N3O5Si/c1-26(2,3)34-24(32)29-19-22(23(31)30-25(33)35-27(4,5)6)28-17-10-11-20-12-14-21(15-13-20)16-18-36(7,8)9/h12-15,22,28H,10-11,17,19H2,1-9H3,(H,29,32)(H,30,31,33)/t22-/m0/s1. The highest BCUT2D eigenvalue weighted by Gasteiger charge is 2.25. The number of alkyl carbamates (subject to hydrolysis) is 2. The molecule has 0 unspecified atom stereocenters. The van der Waals surface area contributed by atoms with Crippen LogP contribution in [0, 0.1) is 11.5 Å². The van der Waals surface area contributed by atoms with Gasteiger partial charge in [-0.05, 0) is 78.6 Å². The molecule has 3 N–H and O–H groups in total. The summed E-state index contributed by atoms with van der Waals surface area (Å²) in [5.41, 5.74) is 4.13. The van der Waals surface area contributed by atoms with E-state index in [2.05, 4.69) is 59.2 Å². The molecular weight excluding hydrogens is 474 g/mol. The second-order valence-corrected chi connectivity index (χ2v) is 16.4. The van der Waals surface area contributed by atoms with Gasteiger partial charge in [0.1, 0.15) is 25.3 Å². The lowest BCUT2D eigenvalue weighted by Crippen LogP contribution is -2.53. The van der Waals surface area contributed by atoms with Crippen LogP contribution >= 0.6 is 0 Å². The van der Waals surface area contributed by atoms with Crippen molar-refractivity contribution in [1.82, 2.24) is 16.0 Å². The van der Waals surface area contributed by atoms with Crippen LogP contribution in [0.15, 0.2) is 24.3 Å². The van der Waals surface area contributed by atoms with Gasteiger partial charge >= 0.3 is 12.2 Å². The average Bonchev–Trinajstić information content (AvgIpc) is 2.69. The number of carbonyl (C=O) groups is 3. The Morgan fingerprint density at radius 2 is 1.47 bits per heavy atom. The topological polar surface area (TPSA) is 106 Å². The van der Waals surface area contributed by atoms with Gasteiger partial charge in [-0.15, -0.1) is 5.54 Å². The largest absolute Gasteiger partial charge is 0.444 e. The molecule has 8 nitrogen and oxygen atoms in total. The minimum absolute atomic E-state index is 0.0476. The first-order valence-electron chi connectivity index (χ1n) is 12.3. The van der Waals surface area contributed by atoms with Gasteiger partial charge in [-0.25, -0.2) is 9.59 Å². The maximum absolute atomic E-state index is 12.7. The molecular formula is C27H43N3O5Si. The van der Waals surface area contributed by atoms with Gasteiger partial charge in [-0.2, -0.15) is 0 Å². The molecule has 0 aliphatic carbocycles. The van der Waals surface area contributed by atoms with E-state index in [0.717, 1.165) is 24.0 Å². The number of ether oxygens (including phenoxy) is 2. The lowest BCUT2D eigenvalue weighted by atomic mass is 10.1. The van der Waals surface area contributed by atoms with Crippen molar-refractivity contribution in [2.24, 2.45) is 0 Å². The number of carbonyl (C=O) groups excluding carboxylic acids is 3. The van der Waals surface area contributed by atoms with Gasteiger partial charge in [-0.3, -0.25) is 10.1 Å². The third-order valence-corrected chi connectivity index (χ3v) is 5.23. The van der Waals surface area contributed by atoms with Crippen LogP contribution in [0.25, 0.3) is 0 Å².